The van der Waals surface area contributed by atoms with Gasteiger partial charge in [-0.25, -0.2) is 0 Å². The second kappa shape index (κ2) is 6.12. The van der Waals surface area contributed by atoms with E-state index in [0.29, 0.717) is 18.7 Å². The average molecular weight is 314 g/mol. The van der Waals surface area contributed by atoms with Crippen molar-refractivity contribution < 1.29 is 14.7 Å². The fraction of sp³-hybridized carbons (Fsp3) is 0.312. The monoisotopic (exact) mass is 314 g/mol. The lowest BCUT2D eigenvalue weighted by molar-refractivity contribution is -0.121. The third kappa shape index (κ3) is 3.03. The molecule has 1 aliphatic rings. The van der Waals surface area contributed by atoms with Crippen molar-refractivity contribution in [3.8, 4) is 5.75 Å². The molecule has 1 aromatic heterocycles. The van der Waals surface area contributed by atoms with Crippen molar-refractivity contribution in [2.75, 3.05) is 13.6 Å². The van der Waals surface area contributed by atoms with Crippen molar-refractivity contribution in [2.45, 2.75) is 19.0 Å². The van der Waals surface area contributed by atoms with Gasteiger partial charge in [0.05, 0.1) is 24.7 Å². The number of benzene rings is 1. The van der Waals surface area contributed by atoms with Gasteiger partial charge in [-0.1, -0.05) is 6.07 Å². The molecule has 2 N–H and O–H groups in total. The first-order valence-corrected chi connectivity index (χ1v) is 7.39. The van der Waals surface area contributed by atoms with Crippen molar-refractivity contribution in [1.29, 1.82) is 0 Å². The summed E-state index contributed by atoms with van der Waals surface area (Å²) in [4.78, 5) is 26.1. The van der Waals surface area contributed by atoms with E-state index < -0.39 is 0 Å². The molecule has 1 aliphatic heterocycles. The second-order valence-electron chi connectivity index (χ2n) is 5.53. The summed E-state index contributed by atoms with van der Waals surface area (Å²) in [5, 5.41) is 16.4. The smallest absolute Gasteiger partial charge is 0.254 e. The molecule has 2 heterocycles. The van der Waals surface area contributed by atoms with Gasteiger partial charge in [-0.15, -0.1) is 0 Å². The molecular weight excluding hydrogens is 296 g/mol. The van der Waals surface area contributed by atoms with Gasteiger partial charge >= 0.3 is 0 Å². The lowest BCUT2D eigenvalue weighted by Crippen LogP contribution is -2.42. The largest absolute Gasteiger partial charge is 0.508 e. The van der Waals surface area contributed by atoms with E-state index >= 15 is 0 Å². The van der Waals surface area contributed by atoms with Crippen molar-refractivity contribution in [1.82, 2.24) is 20.0 Å². The average Bonchev–Trinajstić information content (AvgIpc) is 3.02. The maximum atomic E-state index is 12.7. The molecule has 0 radical (unpaired) electrons. The number of carbonyl (C=O) groups excluding carboxylic acids is 2. The number of fused-ring (bicyclic) bond motifs is 1. The summed E-state index contributed by atoms with van der Waals surface area (Å²) >= 11 is 0. The van der Waals surface area contributed by atoms with Crippen LogP contribution in [-0.2, 0) is 11.3 Å². The van der Waals surface area contributed by atoms with Gasteiger partial charge < -0.3 is 15.3 Å². The first-order chi connectivity index (χ1) is 11.1. The van der Waals surface area contributed by atoms with Gasteiger partial charge in [-0.05, 0) is 24.3 Å². The number of nitrogens with one attached hydrogen (secondary N) is 1. The minimum atomic E-state index is -0.199. The lowest BCUT2D eigenvalue weighted by Gasteiger charge is -2.33. The molecule has 7 heteroatoms. The van der Waals surface area contributed by atoms with Crippen molar-refractivity contribution >= 4 is 11.8 Å². The fourth-order valence-corrected chi connectivity index (χ4v) is 2.83. The third-order valence-electron chi connectivity index (χ3n) is 3.96. The quantitative estimate of drug-likeness (QED) is 0.882. The van der Waals surface area contributed by atoms with Crippen LogP contribution in [0.1, 0.15) is 28.5 Å². The van der Waals surface area contributed by atoms with Crippen molar-refractivity contribution in [3.05, 3.63) is 47.8 Å². The molecule has 0 saturated carbocycles. The molecule has 0 saturated heterocycles. The number of phenolic OH excluding ortho intramolecular Hbond substituents is 1. The number of hydrogen-bond acceptors (Lipinski definition) is 4. The highest BCUT2D eigenvalue weighted by molar-refractivity contribution is 5.94. The first-order valence-electron chi connectivity index (χ1n) is 7.39. The number of rotatable bonds is 3. The number of hydrogen-bond donors (Lipinski definition) is 2. The second-order valence-corrected chi connectivity index (χ2v) is 5.53. The Morgan fingerprint density at radius 1 is 1.39 bits per heavy atom. The molecule has 3 rings (SSSR count). The van der Waals surface area contributed by atoms with Gasteiger partial charge in [0.1, 0.15) is 5.75 Å². The van der Waals surface area contributed by atoms with Crippen LogP contribution in [0.3, 0.4) is 0 Å². The minimum absolute atomic E-state index is 0.0554. The van der Waals surface area contributed by atoms with Crippen LogP contribution in [0.15, 0.2) is 36.5 Å². The van der Waals surface area contributed by atoms with E-state index in [9.17, 15) is 14.7 Å². The lowest BCUT2D eigenvalue weighted by atomic mass is 10.1. The summed E-state index contributed by atoms with van der Waals surface area (Å²) in [5.74, 6) is -0.210. The standard InChI is InChI=1S/C16H18N4O3/c1-17-15(22)8-13-10-19(9-12-5-6-18-20(12)13)16(23)11-3-2-4-14(21)7-11/h2-7,13,21H,8-10H2,1H3,(H,17,22). The summed E-state index contributed by atoms with van der Waals surface area (Å²) < 4.78 is 1.81. The Morgan fingerprint density at radius 2 is 2.22 bits per heavy atom. The van der Waals surface area contributed by atoms with Gasteiger partial charge in [0.15, 0.2) is 0 Å². The summed E-state index contributed by atoms with van der Waals surface area (Å²) in [6.07, 6.45) is 1.93. The number of aromatic nitrogens is 2. The molecule has 0 aliphatic carbocycles. The van der Waals surface area contributed by atoms with E-state index in [4.69, 9.17) is 0 Å². The molecule has 0 fully saturated rings. The van der Waals surface area contributed by atoms with E-state index in [-0.39, 0.29) is 30.0 Å². The number of amides is 2. The molecule has 23 heavy (non-hydrogen) atoms. The molecule has 7 nitrogen and oxygen atoms in total. The van der Waals surface area contributed by atoms with Gasteiger partial charge in [-0.2, -0.15) is 5.10 Å². The molecule has 0 spiro atoms. The van der Waals surface area contributed by atoms with E-state index in [0.717, 1.165) is 5.69 Å². The number of aromatic hydroxyl groups is 1. The summed E-state index contributed by atoms with van der Waals surface area (Å²) in [6.45, 7) is 0.829. The highest BCUT2D eigenvalue weighted by Gasteiger charge is 2.30. The number of carbonyl (C=O) groups is 2. The molecular formula is C16H18N4O3. The maximum absolute atomic E-state index is 12.7. The van der Waals surface area contributed by atoms with Crippen LogP contribution in [-0.4, -0.2) is 45.2 Å². The highest BCUT2D eigenvalue weighted by atomic mass is 16.3. The highest BCUT2D eigenvalue weighted by Crippen LogP contribution is 2.25. The molecule has 1 unspecified atom stereocenters. The third-order valence-corrected chi connectivity index (χ3v) is 3.96. The minimum Gasteiger partial charge on any atom is -0.508 e. The summed E-state index contributed by atoms with van der Waals surface area (Å²) in [6, 6.07) is 7.92. The van der Waals surface area contributed by atoms with Crippen LogP contribution in [0.5, 0.6) is 5.75 Å². The molecule has 1 aromatic carbocycles. The molecule has 1 atom stereocenters. The normalized spacial score (nSPS) is 16.7. The Balaban J connectivity index is 1.85. The fourth-order valence-electron chi connectivity index (χ4n) is 2.83. The molecule has 0 bridgehead atoms. The zero-order valence-electron chi connectivity index (χ0n) is 12.8. The Morgan fingerprint density at radius 3 is 2.96 bits per heavy atom. The van der Waals surface area contributed by atoms with Crippen LogP contribution >= 0.6 is 0 Å². The van der Waals surface area contributed by atoms with Gasteiger partial charge in [0.25, 0.3) is 5.91 Å². The maximum Gasteiger partial charge on any atom is 0.254 e. The molecule has 120 valence electrons. The van der Waals surface area contributed by atoms with Gasteiger partial charge in [0.2, 0.25) is 5.91 Å². The molecule has 2 amide bonds. The predicted molar refractivity (Wildman–Crippen MR) is 82.8 cm³/mol. The Bertz CT molecular complexity index is 740. The van der Waals surface area contributed by atoms with E-state index in [1.165, 1.54) is 12.1 Å². The van der Waals surface area contributed by atoms with Gasteiger partial charge in [-0.3, -0.25) is 14.3 Å². The number of nitrogens with zero attached hydrogens (tertiary/aromatic N) is 3. The van der Waals surface area contributed by atoms with E-state index in [1.54, 1.807) is 30.3 Å². The van der Waals surface area contributed by atoms with Crippen molar-refractivity contribution in [3.63, 3.8) is 0 Å². The van der Waals surface area contributed by atoms with Crippen LogP contribution in [0, 0.1) is 0 Å². The Hall–Kier alpha value is -2.83. The number of phenols is 1. The zero-order valence-corrected chi connectivity index (χ0v) is 12.8. The first kappa shape index (κ1) is 15.1. The SMILES string of the molecule is CNC(=O)CC1CN(C(=O)c2cccc(O)c2)Cc2ccnn21. The van der Waals surface area contributed by atoms with E-state index in [1.807, 2.05) is 10.7 Å². The van der Waals surface area contributed by atoms with E-state index in [2.05, 4.69) is 10.4 Å². The molecule has 2 aromatic rings. The zero-order chi connectivity index (χ0) is 16.4. The summed E-state index contributed by atoms with van der Waals surface area (Å²) in [7, 11) is 1.59. The Kier molecular flexibility index (Phi) is 4.01. The summed E-state index contributed by atoms with van der Waals surface area (Å²) in [5.41, 5.74) is 1.32. The Labute approximate surface area is 133 Å². The van der Waals surface area contributed by atoms with Crippen LogP contribution in [0.4, 0.5) is 0 Å². The topological polar surface area (TPSA) is 87.5 Å². The van der Waals surface area contributed by atoms with Gasteiger partial charge in [0, 0.05) is 25.4 Å². The predicted octanol–water partition coefficient (Wildman–Crippen LogP) is 0.922. The van der Waals surface area contributed by atoms with Crippen LogP contribution in [0.2, 0.25) is 0 Å². The van der Waals surface area contributed by atoms with Crippen molar-refractivity contribution in [2.24, 2.45) is 0 Å². The van der Waals surface area contributed by atoms with Crippen LogP contribution < -0.4 is 5.32 Å². The van der Waals surface area contributed by atoms with Crippen LogP contribution in [0.25, 0.3) is 0 Å².